The highest BCUT2D eigenvalue weighted by molar-refractivity contribution is 7.99. The van der Waals surface area contributed by atoms with E-state index in [1.165, 1.54) is 11.5 Å². The number of aryl methyl sites for hydroxylation is 1. The van der Waals surface area contributed by atoms with Gasteiger partial charge in [0.15, 0.2) is 0 Å². The molecule has 0 amide bonds. The Bertz CT molecular complexity index is 392. The van der Waals surface area contributed by atoms with Crippen LogP contribution < -0.4 is 0 Å². The molecule has 0 aliphatic carbocycles. The van der Waals surface area contributed by atoms with Crippen molar-refractivity contribution in [2.45, 2.75) is 50.2 Å². The van der Waals surface area contributed by atoms with Crippen LogP contribution in [0.2, 0.25) is 0 Å². The minimum atomic E-state index is -0.226. The lowest BCUT2D eigenvalue weighted by atomic mass is 9.78. The molecule has 3 rings (SSSR count). The van der Waals surface area contributed by atoms with Gasteiger partial charge in [0.2, 0.25) is 0 Å². The molecular formula is C16H24O3S. The fourth-order valence-electron chi connectivity index (χ4n) is 3.47. The molecule has 0 aromatic carbocycles. The second-order valence-electron chi connectivity index (χ2n) is 6.08. The van der Waals surface area contributed by atoms with Crippen LogP contribution in [0.3, 0.4) is 0 Å². The van der Waals surface area contributed by atoms with E-state index in [2.05, 4.69) is 0 Å². The smallest absolute Gasteiger partial charge is 0.103 e. The van der Waals surface area contributed by atoms with Crippen molar-refractivity contribution >= 4 is 11.8 Å². The van der Waals surface area contributed by atoms with Crippen LogP contribution in [0.1, 0.15) is 37.9 Å². The van der Waals surface area contributed by atoms with E-state index in [-0.39, 0.29) is 11.7 Å². The van der Waals surface area contributed by atoms with Gasteiger partial charge in [-0.3, -0.25) is 0 Å². The standard InChI is InChI=1S/C16H24O3S/c17-15(4-3-14-2-1-8-18-14)13-5-9-19-16(12-13)6-10-20-11-7-16/h1-2,8,13,15,17H,3-7,9-12H2. The van der Waals surface area contributed by atoms with Crippen molar-refractivity contribution in [2.75, 3.05) is 18.1 Å². The second kappa shape index (κ2) is 6.54. The molecule has 2 saturated heterocycles. The molecule has 112 valence electrons. The Morgan fingerprint density at radius 1 is 1.40 bits per heavy atom. The number of furan rings is 1. The summed E-state index contributed by atoms with van der Waals surface area (Å²) in [5.74, 6) is 3.77. The number of hydrogen-bond acceptors (Lipinski definition) is 4. The Morgan fingerprint density at radius 2 is 2.25 bits per heavy atom. The molecule has 4 heteroatoms. The molecule has 2 aliphatic heterocycles. The first-order valence-electron chi connectivity index (χ1n) is 7.70. The summed E-state index contributed by atoms with van der Waals surface area (Å²) in [4.78, 5) is 0. The zero-order valence-corrected chi connectivity index (χ0v) is 12.7. The summed E-state index contributed by atoms with van der Waals surface area (Å²) in [6.07, 6.45) is 7.43. The third-order valence-corrected chi connectivity index (χ3v) is 5.73. The molecular weight excluding hydrogens is 272 g/mol. The van der Waals surface area contributed by atoms with Gasteiger partial charge in [-0.2, -0.15) is 11.8 Å². The van der Waals surface area contributed by atoms with Crippen molar-refractivity contribution < 1.29 is 14.3 Å². The predicted molar refractivity (Wildman–Crippen MR) is 81.0 cm³/mol. The van der Waals surface area contributed by atoms with E-state index in [4.69, 9.17) is 9.15 Å². The lowest BCUT2D eigenvalue weighted by molar-refractivity contribution is -0.121. The van der Waals surface area contributed by atoms with Gasteiger partial charge in [0.1, 0.15) is 5.76 Å². The Hall–Kier alpha value is -0.450. The summed E-state index contributed by atoms with van der Waals surface area (Å²) < 4.78 is 11.4. The summed E-state index contributed by atoms with van der Waals surface area (Å²) in [5.41, 5.74) is 0.0693. The van der Waals surface area contributed by atoms with Gasteiger partial charge in [-0.25, -0.2) is 0 Å². The highest BCUT2D eigenvalue weighted by atomic mass is 32.2. The number of thioether (sulfide) groups is 1. The molecule has 0 saturated carbocycles. The summed E-state index contributed by atoms with van der Waals surface area (Å²) in [5, 5.41) is 10.5. The summed E-state index contributed by atoms with van der Waals surface area (Å²) >= 11 is 2.03. The van der Waals surface area contributed by atoms with Crippen molar-refractivity contribution in [2.24, 2.45) is 5.92 Å². The Labute approximate surface area is 125 Å². The monoisotopic (exact) mass is 296 g/mol. The van der Waals surface area contributed by atoms with Gasteiger partial charge in [0.05, 0.1) is 18.0 Å². The SMILES string of the molecule is OC(CCc1ccco1)C1CCOC2(CCSCC2)C1. The highest BCUT2D eigenvalue weighted by Gasteiger charge is 2.40. The molecule has 1 aromatic rings. The second-order valence-corrected chi connectivity index (χ2v) is 7.31. The van der Waals surface area contributed by atoms with Crippen LogP contribution in [-0.4, -0.2) is 34.9 Å². The maximum absolute atomic E-state index is 10.5. The molecule has 2 atom stereocenters. The van der Waals surface area contributed by atoms with Crippen LogP contribution >= 0.6 is 11.8 Å². The summed E-state index contributed by atoms with van der Waals surface area (Å²) in [6, 6.07) is 3.89. The first-order valence-corrected chi connectivity index (χ1v) is 8.85. The molecule has 0 bridgehead atoms. The number of rotatable bonds is 4. The first-order chi connectivity index (χ1) is 9.77. The maximum atomic E-state index is 10.5. The van der Waals surface area contributed by atoms with Gasteiger partial charge in [-0.15, -0.1) is 0 Å². The molecule has 2 fully saturated rings. The third kappa shape index (κ3) is 3.41. The fourth-order valence-corrected chi connectivity index (χ4v) is 4.70. The number of hydrogen-bond donors (Lipinski definition) is 1. The van der Waals surface area contributed by atoms with E-state index in [0.29, 0.717) is 5.92 Å². The average Bonchev–Trinajstić information content (AvgIpc) is 2.99. The topological polar surface area (TPSA) is 42.6 Å². The molecule has 1 spiro atoms. The van der Waals surface area contributed by atoms with E-state index in [0.717, 1.165) is 50.9 Å². The van der Waals surface area contributed by atoms with E-state index in [1.807, 2.05) is 23.9 Å². The number of aliphatic hydroxyl groups excluding tert-OH is 1. The van der Waals surface area contributed by atoms with Crippen LogP contribution in [-0.2, 0) is 11.2 Å². The van der Waals surface area contributed by atoms with Crippen molar-refractivity contribution in [3.05, 3.63) is 24.2 Å². The van der Waals surface area contributed by atoms with Crippen LogP contribution in [0.4, 0.5) is 0 Å². The minimum absolute atomic E-state index is 0.0693. The zero-order valence-electron chi connectivity index (χ0n) is 11.9. The normalized spacial score (nSPS) is 27.6. The van der Waals surface area contributed by atoms with Gasteiger partial charge >= 0.3 is 0 Å². The van der Waals surface area contributed by atoms with Crippen LogP contribution in [0.25, 0.3) is 0 Å². The van der Waals surface area contributed by atoms with E-state index < -0.39 is 0 Å². The molecule has 2 aliphatic rings. The third-order valence-electron chi connectivity index (χ3n) is 4.75. The summed E-state index contributed by atoms with van der Waals surface area (Å²) in [7, 11) is 0. The molecule has 2 unspecified atom stereocenters. The van der Waals surface area contributed by atoms with Crippen molar-refractivity contribution in [1.29, 1.82) is 0 Å². The number of aliphatic hydroxyl groups is 1. The molecule has 3 nitrogen and oxygen atoms in total. The van der Waals surface area contributed by atoms with Crippen LogP contribution in [0.5, 0.6) is 0 Å². The number of ether oxygens (including phenoxy) is 1. The van der Waals surface area contributed by atoms with Gasteiger partial charge in [0, 0.05) is 13.0 Å². The van der Waals surface area contributed by atoms with E-state index in [1.54, 1.807) is 6.26 Å². The van der Waals surface area contributed by atoms with Crippen molar-refractivity contribution in [3.8, 4) is 0 Å². The summed E-state index contributed by atoms with van der Waals surface area (Å²) in [6.45, 7) is 0.813. The fraction of sp³-hybridized carbons (Fsp3) is 0.750. The largest absolute Gasteiger partial charge is 0.469 e. The Balaban J connectivity index is 1.53. The Kier molecular flexibility index (Phi) is 4.74. The minimum Gasteiger partial charge on any atom is -0.469 e. The highest BCUT2D eigenvalue weighted by Crippen LogP contribution is 2.41. The van der Waals surface area contributed by atoms with E-state index in [9.17, 15) is 5.11 Å². The van der Waals surface area contributed by atoms with Gasteiger partial charge in [-0.05, 0) is 61.7 Å². The van der Waals surface area contributed by atoms with Crippen molar-refractivity contribution in [3.63, 3.8) is 0 Å². The maximum Gasteiger partial charge on any atom is 0.103 e. The average molecular weight is 296 g/mol. The van der Waals surface area contributed by atoms with Gasteiger partial charge in [0.25, 0.3) is 0 Å². The van der Waals surface area contributed by atoms with Crippen LogP contribution in [0.15, 0.2) is 22.8 Å². The molecule has 1 aromatic heterocycles. The molecule has 0 radical (unpaired) electrons. The van der Waals surface area contributed by atoms with E-state index >= 15 is 0 Å². The zero-order chi connectivity index (χ0) is 13.8. The van der Waals surface area contributed by atoms with Gasteiger partial charge < -0.3 is 14.3 Å². The lowest BCUT2D eigenvalue weighted by Crippen LogP contribution is -2.45. The quantitative estimate of drug-likeness (QED) is 0.926. The van der Waals surface area contributed by atoms with Gasteiger partial charge in [-0.1, -0.05) is 0 Å². The Morgan fingerprint density at radius 3 is 3.00 bits per heavy atom. The lowest BCUT2D eigenvalue weighted by Gasteiger charge is -2.44. The molecule has 20 heavy (non-hydrogen) atoms. The van der Waals surface area contributed by atoms with Crippen molar-refractivity contribution in [1.82, 2.24) is 0 Å². The predicted octanol–water partition coefficient (Wildman–Crippen LogP) is 3.27. The molecule has 3 heterocycles. The first kappa shape index (κ1) is 14.5. The van der Waals surface area contributed by atoms with Crippen LogP contribution in [0, 0.1) is 5.92 Å². The molecule has 1 N–H and O–H groups in total.